The molecular weight excluding hydrogens is 783 g/mol. The van der Waals surface area contributed by atoms with Crippen LogP contribution in [0.25, 0.3) is 0 Å². The Hall–Kier alpha value is -1.33. The van der Waals surface area contributed by atoms with Crippen molar-refractivity contribution in [2.24, 2.45) is 5.92 Å². The molecule has 0 aliphatic carbocycles. The van der Waals surface area contributed by atoms with Crippen LogP contribution in [0.3, 0.4) is 0 Å². The Kier molecular flexibility index (Phi) is 37.1. The summed E-state index contributed by atoms with van der Waals surface area (Å²) in [7, 11) is -4.62. The molecule has 0 spiro atoms. The summed E-state index contributed by atoms with van der Waals surface area (Å²) >= 11 is 0. The van der Waals surface area contributed by atoms with Crippen LogP contribution in [0.4, 0.5) is 0 Å². The van der Waals surface area contributed by atoms with E-state index in [9.17, 15) is 24.2 Å². The molecule has 0 aromatic heterocycles. The lowest BCUT2D eigenvalue weighted by Crippen LogP contribution is -2.29. The van der Waals surface area contributed by atoms with E-state index in [-0.39, 0.29) is 19.4 Å². The number of hydrogen-bond donors (Lipinski definition) is 3. The van der Waals surface area contributed by atoms with Gasteiger partial charge in [0.05, 0.1) is 32.0 Å². The average Bonchev–Trinajstić information content (AvgIpc) is 3.98. The van der Waals surface area contributed by atoms with Crippen molar-refractivity contribution < 1.29 is 52.5 Å². The predicted octanol–water partition coefficient (Wildman–Crippen LogP) is 12.4. The zero-order valence-corrected chi connectivity index (χ0v) is 39.4. The third-order valence-electron chi connectivity index (χ3n) is 11.3. The highest BCUT2D eigenvalue weighted by Gasteiger charge is 2.36. The van der Waals surface area contributed by atoms with E-state index in [4.69, 9.17) is 28.4 Å². The van der Waals surface area contributed by atoms with Crippen molar-refractivity contribution in [1.29, 1.82) is 0 Å². The van der Waals surface area contributed by atoms with E-state index < -0.39 is 51.8 Å². The first-order valence-electron chi connectivity index (χ1n) is 24.6. The van der Waals surface area contributed by atoms with E-state index in [1.807, 2.05) is 0 Å². The van der Waals surface area contributed by atoms with Gasteiger partial charge in [-0.25, -0.2) is 4.57 Å². The lowest BCUT2D eigenvalue weighted by Gasteiger charge is -2.20. The van der Waals surface area contributed by atoms with Gasteiger partial charge in [-0.3, -0.25) is 18.6 Å². The van der Waals surface area contributed by atoms with Crippen molar-refractivity contribution >= 4 is 19.8 Å². The van der Waals surface area contributed by atoms with Crippen LogP contribution >= 0.6 is 7.82 Å². The SMILES string of the molecule is CCCCCC1OC1C/C=C\CCCCCCCC(=O)OC[C@H](COP(=O)(O)OC[C@@H](O)CO)OC(=O)CCCCCCCCCCCCCCCCCCCCC(C)C. The van der Waals surface area contributed by atoms with Gasteiger partial charge in [0.25, 0.3) is 0 Å². The maximum absolute atomic E-state index is 12.7. The molecule has 0 bridgehead atoms. The molecule has 3 N–H and O–H groups in total. The van der Waals surface area contributed by atoms with Crippen molar-refractivity contribution in [2.45, 2.75) is 251 Å². The van der Waals surface area contributed by atoms with Crippen molar-refractivity contribution in [3.05, 3.63) is 12.2 Å². The Labute approximate surface area is 366 Å². The number of aliphatic hydroxyl groups excluding tert-OH is 2. The summed E-state index contributed by atoms with van der Waals surface area (Å²) in [6.07, 6.45) is 39.2. The van der Waals surface area contributed by atoms with Gasteiger partial charge >= 0.3 is 19.8 Å². The van der Waals surface area contributed by atoms with Gasteiger partial charge in [0.2, 0.25) is 0 Å². The van der Waals surface area contributed by atoms with Crippen molar-refractivity contribution in [3.8, 4) is 0 Å². The molecule has 0 aromatic carbocycles. The highest BCUT2D eigenvalue weighted by atomic mass is 31.2. The average molecular weight is 875 g/mol. The Balaban J connectivity index is 2.17. The summed E-state index contributed by atoms with van der Waals surface area (Å²) in [5.41, 5.74) is 0. The number of aliphatic hydroxyl groups is 2. The van der Waals surface area contributed by atoms with E-state index >= 15 is 0 Å². The number of epoxide rings is 1. The number of carbonyl (C=O) groups is 2. The molecule has 1 saturated heterocycles. The van der Waals surface area contributed by atoms with E-state index in [0.717, 1.165) is 63.7 Å². The van der Waals surface area contributed by atoms with Crippen LogP contribution in [-0.2, 0) is 37.4 Å². The molecule has 1 fully saturated rings. The van der Waals surface area contributed by atoms with Crippen molar-refractivity contribution in [3.63, 3.8) is 0 Å². The van der Waals surface area contributed by atoms with Gasteiger partial charge in [0.1, 0.15) is 12.7 Å². The molecule has 5 atom stereocenters. The molecule has 1 heterocycles. The van der Waals surface area contributed by atoms with Crippen LogP contribution in [0.15, 0.2) is 12.2 Å². The molecule has 3 unspecified atom stereocenters. The smallest absolute Gasteiger partial charge is 0.462 e. The fourth-order valence-electron chi connectivity index (χ4n) is 7.36. The Morgan fingerprint density at radius 2 is 1.13 bits per heavy atom. The molecule has 1 aliphatic heterocycles. The molecule has 1 aliphatic rings. The summed E-state index contributed by atoms with van der Waals surface area (Å²) < 4.78 is 38.6. The Bertz CT molecular complexity index is 1090. The predicted molar refractivity (Wildman–Crippen MR) is 242 cm³/mol. The van der Waals surface area contributed by atoms with Gasteiger partial charge < -0.3 is 29.3 Å². The Morgan fingerprint density at radius 3 is 1.67 bits per heavy atom. The summed E-state index contributed by atoms with van der Waals surface area (Å²) in [6.45, 7) is 4.72. The number of unbranched alkanes of at least 4 members (excludes halogenated alkanes) is 24. The molecule has 0 radical (unpaired) electrons. The summed E-state index contributed by atoms with van der Waals surface area (Å²) in [5, 5.41) is 18.4. The first-order valence-corrected chi connectivity index (χ1v) is 26.1. The normalized spacial score (nSPS) is 17.2. The molecule has 12 heteroatoms. The lowest BCUT2D eigenvalue weighted by molar-refractivity contribution is -0.161. The third-order valence-corrected chi connectivity index (χ3v) is 12.2. The van der Waals surface area contributed by atoms with Gasteiger partial charge in [0.15, 0.2) is 6.10 Å². The second-order valence-corrected chi connectivity index (χ2v) is 19.2. The standard InChI is InChI=1S/C48H91O11P/c1-4-5-28-34-45-46(59-45)35-30-25-21-18-19-22-26-31-36-47(51)55-40-44(41-57-60(53,54)56-39-43(50)38-49)58-48(52)37-32-27-23-17-15-13-11-9-7-6-8-10-12-14-16-20-24-29-33-42(2)3/h25,30,42-46,49-50H,4-24,26-29,31-41H2,1-3H3,(H,53,54)/b30-25-/t43-,44+,45?,46?/m0/s1. The number of phosphoric acid groups is 1. The van der Waals surface area contributed by atoms with Gasteiger partial charge in [0, 0.05) is 12.8 Å². The minimum atomic E-state index is -4.62. The van der Waals surface area contributed by atoms with Gasteiger partial charge in [-0.2, -0.15) is 0 Å². The van der Waals surface area contributed by atoms with Gasteiger partial charge in [-0.15, -0.1) is 0 Å². The zero-order valence-electron chi connectivity index (χ0n) is 38.6. The van der Waals surface area contributed by atoms with Crippen LogP contribution in [0, 0.1) is 5.92 Å². The summed E-state index contributed by atoms with van der Waals surface area (Å²) in [5.74, 6) is -0.0936. The van der Waals surface area contributed by atoms with Crippen LogP contribution < -0.4 is 0 Å². The first kappa shape index (κ1) is 56.7. The topological polar surface area (TPSA) is 161 Å². The van der Waals surface area contributed by atoms with Crippen molar-refractivity contribution in [1.82, 2.24) is 0 Å². The first-order chi connectivity index (χ1) is 29.1. The third kappa shape index (κ3) is 37.2. The number of esters is 2. The number of ether oxygens (including phenoxy) is 3. The Morgan fingerprint density at radius 1 is 0.633 bits per heavy atom. The quantitative estimate of drug-likeness (QED) is 0.0176. The fraction of sp³-hybridized carbons (Fsp3) is 0.917. The second kappa shape index (κ2) is 39.3. The van der Waals surface area contributed by atoms with Crippen LogP contribution in [0.5, 0.6) is 0 Å². The van der Waals surface area contributed by atoms with Crippen LogP contribution in [-0.4, -0.2) is 77.9 Å². The second-order valence-electron chi connectivity index (χ2n) is 17.7. The largest absolute Gasteiger partial charge is 0.472 e. The van der Waals surface area contributed by atoms with Gasteiger partial charge in [-0.1, -0.05) is 187 Å². The molecule has 0 aromatic rings. The van der Waals surface area contributed by atoms with E-state index in [1.54, 1.807) is 0 Å². The number of rotatable bonds is 45. The minimum Gasteiger partial charge on any atom is -0.462 e. The minimum absolute atomic E-state index is 0.184. The van der Waals surface area contributed by atoms with Crippen molar-refractivity contribution in [2.75, 3.05) is 26.4 Å². The molecule has 0 amide bonds. The summed E-state index contributed by atoms with van der Waals surface area (Å²) in [6, 6.07) is 0. The monoisotopic (exact) mass is 875 g/mol. The van der Waals surface area contributed by atoms with E-state index in [1.165, 1.54) is 122 Å². The number of hydrogen-bond acceptors (Lipinski definition) is 10. The van der Waals surface area contributed by atoms with Crippen LogP contribution in [0.1, 0.15) is 226 Å². The highest BCUT2D eigenvalue weighted by molar-refractivity contribution is 7.47. The molecule has 354 valence electrons. The zero-order chi connectivity index (χ0) is 43.9. The number of allylic oxidation sites excluding steroid dienone is 1. The maximum atomic E-state index is 12.7. The highest BCUT2D eigenvalue weighted by Crippen LogP contribution is 2.43. The fourth-order valence-corrected chi connectivity index (χ4v) is 8.15. The molecule has 0 saturated carbocycles. The van der Waals surface area contributed by atoms with Gasteiger partial charge in [-0.05, 0) is 44.4 Å². The molecule has 11 nitrogen and oxygen atoms in total. The molecule has 60 heavy (non-hydrogen) atoms. The van der Waals surface area contributed by atoms with E-state index in [2.05, 4.69) is 32.9 Å². The number of phosphoric ester groups is 1. The maximum Gasteiger partial charge on any atom is 0.472 e. The van der Waals surface area contributed by atoms with E-state index in [0.29, 0.717) is 25.0 Å². The van der Waals surface area contributed by atoms with Crippen LogP contribution in [0.2, 0.25) is 0 Å². The molecular formula is C48H91O11P. The molecule has 1 rings (SSSR count). The summed E-state index contributed by atoms with van der Waals surface area (Å²) in [4.78, 5) is 35.1. The lowest BCUT2D eigenvalue weighted by atomic mass is 10.0. The number of carbonyl (C=O) groups excluding carboxylic acids is 2.